The average molecular weight is 347 g/mol. The summed E-state index contributed by atoms with van der Waals surface area (Å²) in [6.45, 7) is 0. The quantitative estimate of drug-likeness (QED) is 0.595. The first-order chi connectivity index (χ1) is 10.2. The molecule has 4 heteroatoms. The minimum atomic E-state index is -0.137. The van der Waals surface area contributed by atoms with Crippen LogP contribution in [0.1, 0.15) is 15.9 Å². The number of ether oxygens (including phenoxy) is 2. The molecule has 0 aromatic heterocycles. The van der Waals surface area contributed by atoms with E-state index in [2.05, 4.69) is 15.9 Å². The van der Waals surface area contributed by atoms with E-state index in [-0.39, 0.29) is 5.78 Å². The zero-order valence-corrected chi connectivity index (χ0v) is 13.4. The van der Waals surface area contributed by atoms with Crippen LogP contribution in [0.25, 0.3) is 6.08 Å². The van der Waals surface area contributed by atoms with E-state index in [1.54, 1.807) is 31.4 Å². The lowest BCUT2D eigenvalue weighted by molar-refractivity contribution is 0.104. The molecular weight excluding hydrogens is 332 g/mol. The Labute approximate surface area is 132 Å². The predicted octanol–water partition coefficient (Wildman–Crippen LogP) is 4.36. The van der Waals surface area contributed by atoms with Gasteiger partial charge in [0.05, 0.1) is 19.8 Å². The Kier molecular flexibility index (Phi) is 5.17. The summed E-state index contributed by atoms with van der Waals surface area (Å²) in [5.74, 6) is 1.01. The molecule has 0 N–H and O–H groups in total. The molecule has 3 nitrogen and oxygen atoms in total. The van der Waals surface area contributed by atoms with Gasteiger partial charge in [0.1, 0.15) is 11.5 Å². The predicted molar refractivity (Wildman–Crippen MR) is 87.1 cm³/mol. The van der Waals surface area contributed by atoms with Crippen molar-refractivity contribution in [3.8, 4) is 11.5 Å². The molecule has 2 aromatic carbocycles. The lowest BCUT2D eigenvalue weighted by Gasteiger charge is -2.08. The van der Waals surface area contributed by atoms with E-state index in [0.29, 0.717) is 17.1 Å². The zero-order chi connectivity index (χ0) is 15.2. The van der Waals surface area contributed by atoms with Crippen molar-refractivity contribution in [3.63, 3.8) is 0 Å². The lowest BCUT2D eigenvalue weighted by atomic mass is 10.1. The smallest absolute Gasteiger partial charge is 0.189 e. The molecule has 0 heterocycles. The number of hydrogen-bond acceptors (Lipinski definition) is 3. The molecule has 0 radical (unpaired) electrons. The second kappa shape index (κ2) is 7.09. The number of benzene rings is 2. The summed E-state index contributed by atoms with van der Waals surface area (Å²) in [4.78, 5) is 12.3. The fourth-order valence-electron chi connectivity index (χ4n) is 1.87. The fraction of sp³-hybridized carbons (Fsp3) is 0.118. The van der Waals surface area contributed by atoms with Crippen molar-refractivity contribution in [3.05, 3.63) is 64.1 Å². The van der Waals surface area contributed by atoms with Crippen molar-refractivity contribution < 1.29 is 14.3 Å². The zero-order valence-electron chi connectivity index (χ0n) is 11.8. The van der Waals surface area contributed by atoms with Gasteiger partial charge in [0, 0.05) is 4.47 Å². The van der Waals surface area contributed by atoms with Crippen molar-refractivity contribution in [2.75, 3.05) is 14.2 Å². The van der Waals surface area contributed by atoms with Gasteiger partial charge in [-0.25, -0.2) is 0 Å². The van der Waals surface area contributed by atoms with Crippen molar-refractivity contribution in [1.82, 2.24) is 0 Å². The Morgan fingerprint density at radius 3 is 2.52 bits per heavy atom. The maximum atomic E-state index is 12.3. The highest BCUT2D eigenvalue weighted by Crippen LogP contribution is 2.25. The number of ketones is 1. The number of methoxy groups -OCH3 is 2. The summed E-state index contributed by atoms with van der Waals surface area (Å²) in [6, 6.07) is 12.8. The van der Waals surface area contributed by atoms with E-state index in [1.807, 2.05) is 24.3 Å². The molecule has 0 aliphatic rings. The van der Waals surface area contributed by atoms with Crippen molar-refractivity contribution in [1.29, 1.82) is 0 Å². The molecule has 2 rings (SSSR count). The number of carbonyl (C=O) groups is 1. The molecule has 21 heavy (non-hydrogen) atoms. The van der Waals surface area contributed by atoms with Crippen molar-refractivity contribution in [2.45, 2.75) is 0 Å². The van der Waals surface area contributed by atoms with Gasteiger partial charge in [-0.3, -0.25) is 4.79 Å². The topological polar surface area (TPSA) is 35.5 Å². The molecule has 0 saturated carbocycles. The van der Waals surface area contributed by atoms with E-state index in [1.165, 1.54) is 13.2 Å². The van der Waals surface area contributed by atoms with Crippen LogP contribution in [0.5, 0.6) is 11.5 Å². The molecule has 0 bridgehead atoms. The normalized spacial score (nSPS) is 10.6. The summed E-state index contributed by atoms with van der Waals surface area (Å²) >= 11 is 3.45. The molecule has 0 amide bonds. The van der Waals surface area contributed by atoms with Crippen LogP contribution in [0.2, 0.25) is 0 Å². The van der Waals surface area contributed by atoms with E-state index >= 15 is 0 Å². The largest absolute Gasteiger partial charge is 0.497 e. The standard InChI is InChI=1S/C17H15BrO3/c1-20-13-8-10-17(21-2)14(11-13)16(19)9-7-12-5-3-4-6-15(12)18/h3-11H,1-2H3/b9-7+. The summed E-state index contributed by atoms with van der Waals surface area (Å²) in [7, 11) is 3.10. The monoisotopic (exact) mass is 346 g/mol. The molecule has 0 saturated heterocycles. The van der Waals surface area contributed by atoms with E-state index in [9.17, 15) is 4.79 Å². The van der Waals surface area contributed by atoms with Gasteiger partial charge in [-0.1, -0.05) is 34.1 Å². The van der Waals surface area contributed by atoms with Gasteiger partial charge in [0.15, 0.2) is 5.78 Å². The van der Waals surface area contributed by atoms with Gasteiger partial charge in [0.25, 0.3) is 0 Å². The first kappa shape index (κ1) is 15.3. The van der Waals surface area contributed by atoms with Gasteiger partial charge in [-0.15, -0.1) is 0 Å². The molecular formula is C17H15BrO3. The molecule has 0 aliphatic heterocycles. The highest BCUT2D eigenvalue weighted by Gasteiger charge is 2.11. The number of allylic oxidation sites excluding steroid dienone is 1. The first-order valence-electron chi connectivity index (χ1n) is 6.34. The van der Waals surface area contributed by atoms with E-state index in [4.69, 9.17) is 9.47 Å². The summed E-state index contributed by atoms with van der Waals surface area (Å²) in [5.41, 5.74) is 1.41. The van der Waals surface area contributed by atoms with Crippen LogP contribution in [0.4, 0.5) is 0 Å². The van der Waals surface area contributed by atoms with Crippen molar-refractivity contribution in [2.24, 2.45) is 0 Å². The molecule has 0 aliphatic carbocycles. The van der Waals surface area contributed by atoms with Crippen LogP contribution < -0.4 is 9.47 Å². The number of hydrogen-bond donors (Lipinski definition) is 0. The highest BCUT2D eigenvalue weighted by atomic mass is 79.9. The van der Waals surface area contributed by atoms with Crippen LogP contribution in [0, 0.1) is 0 Å². The maximum absolute atomic E-state index is 12.3. The van der Waals surface area contributed by atoms with Gasteiger partial charge in [-0.05, 0) is 42.0 Å². The Morgan fingerprint density at radius 1 is 1.10 bits per heavy atom. The van der Waals surface area contributed by atoms with Gasteiger partial charge < -0.3 is 9.47 Å². The van der Waals surface area contributed by atoms with Gasteiger partial charge in [0.2, 0.25) is 0 Å². The average Bonchev–Trinajstić information content (AvgIpc) is 2.53. The molecule has 0 fully saturated rings. The van der Waals surface area contributed by atoms with Crippen LogP contribution in [-0.2, 0) is 0 Å². The van der Waals surface area contributed by atoms with Crippen LogP contribution in [-0.4, -0.2) is 20.0 Å². The minimum Gasteiger partial charge on any atom is -0.497 e. The Balaban J connectivity index is 2.30. The minimum absolute atomic E-state index is 0.137. The summed E-state index contributed by atoms with van der Waals surface area (Å²) in [6.07, 6.45) is 3.29. The summed E-state index contributed by atoms with van der Waals surface area (Å²) < 4.78 is 11.3. The summed E-state index contributed by atoms with van der Waals surface area (Å²) in [5, 5.41) is 0. The molecule has 0 spiro atoms. The Hall–Kier alpha value is -2.07. The second-order valence-electron chi connectivity index (χ2n) is 4.29. The van der Waals surface area contributed by atoms with Gasteiger partial charge >= 0.3 is 0 Å². The Morgan fingerprint density at radius 2 is 1.86 bits per heavy atom. The third-order valence-electron chi connectivity index (χ3n) is 2.99. The van der Waals surface area contributed by atoms with Crippen LogP contribution in [0.3, 0.4) is 0 Å². The number of halogens is 1. The second-order valence-corrected chi connectivity index (χ2v) is 5.14. The Bertz CT molecular complexity index is 677. The van der Waals surface area contributed by atoms with E-state index < -0.39 is 0 Å². The van der Waals surface area contributed by atoms with E-state index in [0.717, 1.165) is 10.0 Å². The van der Waals surface area contributed by atoms with Gasteiger partial charge in [-0.2, -0.15) is 0 Å². The third-order valence-corrected chi connectivity index (χ3v) is 3.71. The molecule has 108 valence electrons. The lowest BCUT2D eigenvalue weighted by Crippen LogP contribution is -1.99. The number of rotatable bonds is 5. The maximum Gasteiger partial charge on any atom is 0.189 e. The SMILES string of the molecule is COc1ccc(OC)c(C(=O)/C=C/c2ccccc2Br)c1. The highest BCUT2D eigenvalue weighted by molar-refractivity contribution is 9.10. The molecule has 0 atom stereocenters. The fourth-order valence-corrected chi connectivity index (χ4v) is 2.29. The molecule has 0 unspecified atom stereocenters. The third kappa shape index (κ3) is 3.73. The number of carbonyl (C=O) groups excluding carboxylic acids is 1. The van der Waals surface area contributed by atoms with Crippen molar-refractivity contribution >= 4 is 27.8 Å². The van der Waals surface area contributed by atoms with Crippen LogP contribution in [0.15, 0.2) is 53.0 Å². The van der Waals surface area contributed by atoms with Crippen LogP contribution >= 0.6 is 15.9 Å². The molecule has 2 aromatic rings. The first-order valence-corrected chi connectivity index (χ1v) is 7.14.